The average Bonchev–Trinajstić information content (AvgIpc) is 3.36. The molecule has 3 aliphatic heterocycles. The number of benzene rings is 1. The smallest absolute Gasteiger partial charge is 0.319 e. The van der Waals surface area contributed by atoms with Gasteiger partial charge in [0, 0.05) is 42.7 Å². The molecular weight excluding hydrogens is 614 g/mol. The fourth-order valence-electron chi connectivity index (χ4n) is 7.38. The van der Waals surface area contributed by atoms with Gasteiger partial charge in [0.05, 0.1) is 58.3 Å². The molecule has 3 atom stereocenters. The number of fused-ring (bicyclic) bond motifs is 6. The van der Waals surface area contributed by atoms with Gasteiger partial charge in [0.2, 0.25) is 0 Å². The Kier molecular flexibility index (Phi) is 6.78. The number of aromatic nitrogens is 3. The van der Waals surface area contributed by atoms with Crippen molar-refractivity contribution in [1.82, 2.24) is 19.9 Å². The van der Waals surface area contributed by atoms with Crippen molar-refractivity contribution in [1.29, 1.82) is 10.5 Å². The third-order valence-corrected chi connectivity index (χ3v) is 10.7. The van der Waals surface area contributed by atoms with E-state index in [1.807, 2.05) is 6.07 Å². The van der Waals surface area contributed by atoms with Gasteiger partial charge in [0.25, 0.3) is 0 Å². The minimum absolute atomic E-state index is 0.00727. The second kappa shape index (κ2) is 10.7. The number of nitrogens with two attached hydrogens (primary N) is 1. The summed E-state index contributed by atoms with van der Waals surface area (Å²) in [5.41, 5.74) is 6.96. The van der Waals surface area contributed by atoms with Crippen molar-refractivity contribution >= 4 is 43.1 Å². The number of rotatable bonds is 7. The number of likely N-dealkylation sites (tertiary alicyclic amines) is 1. The molecule has 4 aliphatic rings. The van der Waals surface area contributed by atoms with Gasteiger partial charge in [-0.1, -0.05) is 0 Å². The van der Waals surface area contributed by atoms with Crippen LogP contribution in [0.5, 0.6) is 6.01 Å². The Morgan fingerprint density at radius 1 is 1.17 bits per heavy atom. The zero-order chi connectivity index (χ0) is 31.9. The fourth-order valence-corrected chi connectivity index (χ4v) is 8.30. The number of nitrogen functional groups attached to an aromatic ring is 1. The molecule has 8 rings (SSSR count). The first kappa shape index (κ1) is 29.2. The van der Waals surface area contributed by atoms with E-state index in [1.54, 1.807) is 6.92 Å². The van der Waals surface area contributed by atoms with E-state index >= 15 is 4.39 Å². The minimum Gasteiger partial charge on any atom is -0.462 e. The molecule has 3 aromatic heterocycles. The monoisotopic (exact) mass is 644 g/mol. The second-order valence-electron chi connectivity index (χ2n) is 12.8. The molecular formula is C32H30F2N8O3S. The number of hydrogen-bond acceptors (Lipinski definition) is 12. The Balaban J connectivity index is 1.35. The molecule has 4 aromatic rings. The highest BCUT2D eigenvalue weighted by Crippen LogP contribution is 2.49. The van der Waals surface area contributed by atoms with Crippen LogP contribution in [0.3, 0.4) is 0 Å². The summed E-state index contributed by atoms with van der Waals surface area (Å²) in [7, 11) is 0. The number of β-amino-alcohol motifs (C(OH)–C–C–N with tert-alkyl or cyclic N) is 1. The molecule has 11 nitrogen and oxygen atoms in total. The van der Waals surface area contributed by atoms with Crippen molar-refractivity contribution in [3.8, 4) is 29.4 Å². The zero-order valence-corrected chi connectivity index (χ0v) is 25.8. The molecule has 46 heavy (non-hydrogen) atoms. The largest absolute Gasteiger partial charge is 0.462 e. The molecule has 0 spiro atoms. The summed E-state index contributed by atoms with van der Waals surface area (Å²) in [5, 5.41) is 30.4. The lowest BCUT2D eigenvalue weighted by Gasteiger charge is -2.42. The van der Waals surface area contributed by atoms with E-state index in [1.165, 1.54) is 0 Å². The van der Waals surface area contributed by atoms with Crippen molar-refractivity contribution in [2.75, 3.05) is 36.9 Å². The highest BCUT2D eigenvalue weighted by atomic mass is 32.1. The second-order valence-corrected chi connectivity index (χ2v) is 13.9. The zero-order valence-electron chi connectivity index (χ0n) is 25.0. The van der Waals surface area contributed by atoms with Crippen LogP contribution in [-0.2, 0) is 18.0 Å². The van der Waals surface area contributed by atoms with Crippen LogP contribution in [0.25, 0.3) is 32.2 Å². The lowest BCUT2D eigenvalue weighted by Crippen LogP contribution is -2.55. The highest BCUT2D eigenvalue weighted by Gasteiger charge is 2.45. The van der Waals surface area contributed by atoms with Gasteiger partial charge in [-0.05, 0) is 43.7 Å². The number of pyridine rings is 1. The molecule has 2 unspecified atom stereocenters. The number of aliphatic hydroxyl groups excluding tert-OH is 1. The molecule has 0 radical (unpaired) electrons. The Hall–Kier alpha value is -4.21. The predicted octanol–water partition coefficient (Wildman–Crippen LogP) is 4.39. The molecule has 236 valence electrons. The number of hydrogen-bond donors (Lipinski definition) is 2. The summed E-state index contributed by atoms with van der Waals surface area (Å²) < 4.78 is 44.2. The van der Waals surface area contributed by atoms with E-state index in [-0.39, 0.29) is 75.3 Å². The minimum atomic E-state index is -0.705. The molecule has 2 bridgehead atoms. The first-order chi connectivity index (χ1) is 22.2. The summed E-state index contributed by atoms with van der Waals surface area (Å²) in [4.78, 5) is 18.3. The lowest BCUT2D eigenvalue weighted by molar-refractivity contribution is 0.111. The van der Waals surface area contributed by atoms with Crippen LogP contribution in [0.2, 0.25) is 0 Å². The molecule has 1 saturated carbocycles. The summed E-state index contributed by atoms with van der Waals surface area (Å²) in [6.45, 7) is 4.12. The molecule has 3 N–H and O–H groups in total. The highest BCUT2D eigenvalue weighted by molar-refractivity contribution is 7.23. The van der Waals surface area contributed by atoms with Crippen LogP contribution >= 0.6 is 11.3 Å². The van der Waals surface area contributed by atoms with Gasteiger partial charge in [-0.3, -0.25) is 9.88 Å². The molecule has 1 aliphatic carbocycles. The number of piperazine rings is 1. The van der Waals surface area contributed by atoms with E-state index in [9.17, 15) is 20.0 Å². The molecule has 2 saturated heterocycles. The van der Waals surface area contributed by atoms with Gasteiger partial charge < -0.3 is 25.2 Å². The topological polar surface area (TPSA) is 157 Å². The van der Waals surface area contributed by atoms with Gasteiger partial charge in [-0.15, -0.1) is 11.3 Å². The van der Waals surface area contributed by atoms with Crippen molar-refractivity contribution in [3.05, 3.63) is 34.5 Å². The Bertz CT molecular complexity index is 2000. The molecule has 1 aromatic carbocycles. The van der Waals surface area contributed by atoms with Gasteiger partial charge in [0.1, 0.15) is 29.0 Å². The number of halogens is 2. The third-order valence-electron chi connectivity index (χ3n) is 9.70. The van der Waals surface area contributed by atoms with Crippen LogP contribution in [0.15, 0.2) is 6.20 Å². The number of nitrogens with zero attached hydrogens (tertiary/aromatic N) is 7. The maximum Gasteiger partial charge on any atom is 0.319 e. The van der Waals surface area contributed by atoms with Crippen LogP contribution < -0.4 is 15.4 Å². The van der Waals surface area contributed by atoms with E-state index in [2.05, 4.69) is 25.8 Å². The summed E-state index contributed by atoms with van der Waals surface area (Å²) in [6, 6.07) is 4.46. The molecule has 3 fully saturated rings. The van der Waals surface area contributed by atoms with E-state index < -0.39 is 23.2 Å². The van der Waals surface area contributed by atoms with Crippen LogP contribution in [-0.4, -0.2) is 69.4 Å². The normalized spacial score (nSPS) is 22.2. The maximum absolute atomic E-state index is 17.2. The Labute approximate surface area is 266 Å². The number of anilines is 2. The van der Waals surface area contributed by atoms with Gasteiger partial charge >= 0.3 is 6.01 Å². The van der Waals surface area contributed by atoms with Crippen LogP contribution in [0, 0.1) is 39.7 Å². The van der Waals surface area contributed by atoms with E-state index in [0.717, 1.165) is 30.4 Å². The SMILES string of the molecule is C[C@@H](O)CN1CC2CCC(C1)N2c1nc(OCC2(C#N)CC2)nc2c(F)c(-c3ncc(F)c4sc(N)c(C#N)c34)c3c(c12)COC3. The molecule has 6 heterocycles. The van der Waals surface area contributed by atoms with Gasteiger partial charge in [-0.2, -0.15) is 20.5 Å². The Morgan fingerprint density at radius 2 is 1.91 bits per heavy atom. The van der Waals surface area contributed by atoms with Crippen molar-refractivity contribution in [2.24, 2.45) is 5.41 Å². The van der Waals surface area contributed by atoms with Crippen LogP contribution in [0.4, 0.5) is 19.6 Å². The first-order valence-corrected chi connectivity index (χ1v) is 16.2. The van der Waals surface area contributed by atoms with E-state index in [0.29, 0.717) is 54.8 Å². The Morgan fingerprint density at radius 3 is 2.59 bits per heavy atom. The average molecular weight is 645 g/mol. The van der Waals surface area contributed by atoms with Crippen LogP contribution in [0.1, 0.15) is 49.3 Å². The summed E-state index contributed by atoms with van der Waals surface area (Å²) in [5.74, 6) is -0.806. The number of aliphatic hydroxyl groups is 1. The lowest BCUT2D eigenvalue weighted by atomic mass is 9.93. The molecule has 14 heteroatoms. The first-order valence-electron chi connectivity index (χ1n) is 15.3. The third kappa shape index (κ3) is 4.47. The standard InChI is InChI=1S/C32H30F2N8O3S/c1-15(43)8-41-9-16-2-3-17(10-41)42(16)30-24-20-12-44-11-19(20)22(26-23-18(6-35)29(37)46-28(23)21(33)7-38-26)25(34)27(24)39-31(40-30)45-14-32(13-36)4-5-32/h7,15-17,43H,2-5,8-12,14,37H2,1H3/t15-,16?,17?/m1/s1. The van der Waals surface area contributed by atoms with Crippen molar-refractivity contribution in [2.45, 2.75) is 64.0 Å². The fraction of sp³-hybridized carbons (Fsp3) is 0.469. The summed E-state index contributed by atoms with van der Waals surface area (Å²) in [6.07, 6.45) is 3.79. The number of nitriles is 2. The predicted molar refractivity (Wildman–Crippen MR) is 166 cm³/mol. The summed E-state index contributed by atoms with van der Waals surface area (Å²) >= 11 is 0.921. The quantitative estimate of drug-likeness (QED) is 0.294. The van der Waals surface area contributed by atoms with Crippen molar-refractivity contribution in [3.63, 3.8) is 0 Å². The van der Waals surface area contributed by atoms with Gasteiger partial charge in [0.15, 0.2) is 11.6 Å². The van der Waals surface area contributed by atoms with E-state index in [4.69, 9.17) is 20.2 Å². The number of thiophene rings is 1. The molecule has 0 amide bonds. The van der Waals surface area contributed by atoms with Crippen molar-refractivity contribution < 1.29 is 23.4 Å². The van der Waals surface area contributed by atoms with Gasteiger partial charge in [-0.25, -0.2) is 8.78 Å². The number of ether oxygens (including phenoxy) is 2. The maximum atomic E-state index is 17.2.